The number of carbonyl (C=O) groups is 1. The maximum atomic E-state index is 13.6. The Morgan fingerprint density at radius 3 is 2.79 bits per heavy atom. The Morgan fingerprint density at radius 1 is 1.37 bits per heavy atom. The van der Waals surface area contributed by atoms with Gasteiger partial charge in [-0.15, -0.1) is 0 Å². The molecule has 1 aromatic carbocycles. The lowest BCUT2D eigenvalue weighted by Crippen LogP contribution is -2.00. The summed E-state index contributed by atoms with van der Waals surface area (Å²) in [5.41, 5.74) is 0.932. The van der Waals surface area contributed by atoms with Crippen molar-refractivity contribution in [2.45, 2.75) is 13.5 Å². The fourth-order valence-electron chi connectivity index (χ4n) is 1.57. The van der Waals surface area contributed by atoms with Crippen molar-refractivity contribution in [1.82, 2.24) is 4.98 Å². The molecule has 0 bridgehead atoms. The van der Waals surface area contributed by atoms with E-state index in [1.165, 1.54) is 19.1 Å². The third kappa shape index (κ3) is 3.61. The number of halogens is 2. The molecule has 0 aliphatic rings. The summed E-state index contributed by atoms with van der Waals surface area (Å²) in [6.07, 6.45) is 3.34. The molecule has 0 atom stereocenters. The first kappa shape index (κ1) is 13.7. The molecular formula is C14H11BrFNO2. The van der Waals surface area contributed by atoms with Gasteiger partial charge >= 0.3 is 0 Å². The van der Waals surface area contributed by atoms with Crippen LogP contribution in [-0.2, 0) is 6.61 Å². The Bertz CT molecular complexity index is 616. The molecule has 98 valence electrons. The van der Waals surface area contributed by atoms with Crippen molar-refractivity contribution in [2.24, 2.45) is 0 Å². The van der Waals surface area contributed by atoms with Crippen LogP contribution in [0.15, 0.2) is 41.1 Å². The third-order valence-electron chi connectivity index (χ3n) is 2.49. The van der Waals surface area contributed by atoms with Crippen molar-refractivity contribution in [1.29, 1.82) is 0 Å². The van der Waals surface area contributed by atoms with Crippen LogP contribution in [0.2, 0.25) is 0 Å². The van der Waals surface area contributed by atoms with E-state index in [1.807, 2.05) is 6.07 Å². The Hall–Kier alpha value is -1.75. The van der Waals surface area contributed by atoms with Crippen LogP contribution in [0.25, 0.3) is 0 Å². The lowest BCUT2D eigenvalue weighted by Gasteiger charge is -2.07. The highest BCUT2D eigenvalue weighted by molar-refractivity contribution is 9.10. The second-order valence-electron chi connectivity index (χ2n) is 4.00. The lowest BCUT2D eigenvalue weighted by molar-refractivity contribution is 0.101. The van der Waals surface area contributed by atoms with Crippen LogP contribution in [0.3, 0.4) is 0 Å². The van der Waals surface area contributed by atoms with E-state index < -0.39 is 5.82 Å². The number of aromatic nitrogens is 1. The number of Topliss-reactive ketones (excluding diaryl/α,β-unsaturated/α-hetero) is 1. The fraction of sp³-hybridized carbons (Fsp3) is 0.143. The minimum Gasteiger partial charge on any atom is -0.489 e. The SMILES string of the molecule is CC(=O)c1ccc(OCc2cncc(Br)c2)cc1F. The Labute approximate surface area is 118 Å². The summed E-state index contributed by atoms with van der Waals surface area (Å²) in [4.78, 5) is 15.1. The van der Waals surface area contributed by atoms with Gasteiger partial charge in [0.1, 0.15) is 18.2 Å². The molecule has 1 aromatic heterocycles. The van der Waals surface area contributed by atoms with Gasteiger partial charge in [-0.1, -0.05) is 0 Å². The molecule has 0 spiro atoms. The van der Waals surface area contributed by atoms with Crippen molar-refractivity contribution in [3.8, 4) is 5.75 Å². The molecule has 0 saturated heterocycles. The maximum Gasteiger partial charge on any atom is 0.162 e. The number of carbonyl (C=O) groups excluding carboxylic acids is 1. The van der Waals surface area contributed by atoms with Crippen molar-refractivity contribution < 1.29 is 13.9 Å². The molecule has 0 N–H and O–H groups in total. The molecule has 1 heterocycles. The van der Waals surface area contributed by atoms with Crippen LogP contribution in [0.4, 0.5) is 4.39 Å². The molecule has 0 fully saturated rings. The van der Waals surface area contributed by atoms with Crippen LogP contribution in [0.1, 0.15) is 22.8 Å². The van der Waals surface area contributed by atoms with Gasteiger partial charge in [0.2, 0.25) is 0 Å². The van der Waals surface area contributed by atoms with Gasteiger partial charge in [0.25, 0.3) is 0 Å². The number of hydrogen-bond acceptors (Lipinski definition) is 3. The molecule has 19 heavy (non-hydrogen) atoms. The van der Waals surface area contributed by atoms with Crippen LogP contribution in [-0.4, -0.2) is 10.8 Å². The lowest BCUT2D eigenvalue weighted by atomic mass is 10.1. The average Bonchev–Trinajstić information content (AvgIpc) is 2.36. The quantitative estimate of drug-likeness (QED) is 0.804. The highest BCUT2D eigenvalue weighted by Crippen LogP contribution is 2.19. The van der Waals surface area contributed by atoms with Gasteiger partial charge in [-0.3, -0.25) is 9.78 Å². The van der Waals surface area contributed by atoms with Gasteiger partial charge in [0, 0.05) is 28.5 Å². The van der Waals surface area contributed by atoms with E-state index in [0.717, 1.165) is 10.0 Å². The zero-order valence-electron chi connectivity index (χ0n) is 10.2. The first-order chi connectivity index (χ1) is 9.06. The van der Waals surface area contributed by atoms with E-state index >= 15 is 0 Å². The number of nitrogens with zero attached hydrogens (tertiary/aromatic N) is 1. The van der Waals surface area contributed by atoms with Crippen molar-refractivity contribution in [3.05, 3.63) is 58.1 Å². The topological polar surface area (TPSA) is 39.2 Å². The smallest absolute Gasteiger partial charge is 0.162 e. The zero-order chi connectivity index (χ0) is 13.8. The molecule has 0 amide bonds. The van der Waals surface area contributed by atoms with E-state index in [1.54, 1.807) is 18.5 Å². The first-order valence-corrected chi connectivity index (χ1v) is 6.38. The van der Waals surface area contributed by atoms with Crippen LogP contribution in [0.5, 0.6) is 5.75 Å². The molecule has 5 heteroatoms. The predicted molar refractivity (Wildman–Crippen MR) is 72.7 cm³/mol. The molecule has 0 unspecified atom stereocenters. The summed E-state index contributed by atoms with van der Waals surface area (Å²) in [5, 5.41) is 0. The van der Waals surface area contributed by atoms with E-state index in [2.05, 4.69) is 20.9 Å². The Morgan fingerprint density at radius 2 is 2.16 bits per heavy atom. The largest absolute Gasteiger partial charge is 0.489 e. The number of benzene rings is 1. The monoisotopic (exact) mass is 323 g/mol. The summed E-state index contributed by atoms with van der Waals surface area (Å²) in [6.45, 7) is 1.61. The van der Waals surface area contributed by atoms with E-state index in [-0.39, 0.29) is 18.0 Å². The van der Waals surface area contributed by atoms with Gasteiger partial charge in [-0.2, -0.15) is 0 Å². The number of ether oxygens (including phenoxy) is 1. The number of pyridine rings is 1. The zero-order valence-corrected chi connectivity index (χ0v) is 11.8. The summed E-state index contributed by atoms with van der Waals surface area (Å²) in [5.74, 6) is -0.500. The summed E-state index contributed by atoms with van der Waals surface area (Å²) in [6, 6.07) is 6.08. The van der Waals surface area contributed by atoms with Crippen LogP contribution in [0, 0.1) is 5.82 Å². The molecule has 0 saturated carbocycles. The van der Waals surface area contributed by atoms with Gasteiger partial charge < -0.3 is 4.74 Å². The van der Waals surface area contributed by atoms with Gasteiger partial charge in [0.15, 0.2) is 5.78 Å². The minimum absolute atomic E-state index is 0.0662. The van der Waals surface area contributed by atoms with E-state index in [4.69, 9.17) is 4.74 Å². The normalized spacial score (nSPS) is 10.3. The summed E-state index contributed by atoms with van der Waals surface area (Å²) < 4.78 is 19.9. The molecule has 3 nitrogen and oxygen atoms in total. The molecule has 0 aliphatic heterocycles. The van der Waals surface area contributed by atoms with Crippen LogP contribution < -0.4 is 4.74 Å². The predicted octanol–water partition coefficient (Wildman–Crippen LogP) is 3.76. The number of rotatable bonds is 4. The molecule has 2 rings (SSSR count). The first-order valence-electron chi connectivity index (χ1n) is 5.59. The number of hydrogen-bond donors (Lipinski definition) is 0. The van der Waals surface area contributed by atoms with Crippen molar-refractivity contribution in [3.63, 3.8) is 0 Å². The summed E-state index contributed by atoms with van der Waals surface area (Å²) in [7, 11) is 0. The number of ketones is 1. The van der Waals surface area contributed by atoms with Gasteiger partial charge in [-0.25, -0.2) is 4.39 Å². The van der Waals surface area contributed by atoms with Gasteiger partial charge in [0.05, 0.1) is 5.56 Å². The second-order valence-corrected chi connectivity index (χ2v) is 4.91. The van der Waals surface area contributed by atoms with Crippen molar-refractivity contribution >= 4 is 21.7 Å². The van der Waals surface area contributed by atoms with E-state index in [9.17, 15) is 9.18 Å². The fourth-order valence-corrected chi connectivity index (χ4v) is 1.98. The Kier molecular flexibility index (Phi) is 4.27. The molecule has 2 aromatic rings. The average molecular weight is 324 g/mol. The molecular weight excluding hydrogens is 313 g/mol. The third-order valence-corrected chi connectivity index (χ3v) is 2.92. The standard InChI is InChI=1S/C14H11BrFNO2/c1-9(18)13-3-2-12(5-14(13)16)19-8-10-4-11(15)7-17-6-10/h2-7H,8H2,1H3. The van der Waals surface area contributed by atoms with Gasteiger partial charge in [-0.05, 0) is 41.1 Å². The van der Waals surface area contributed by atoms with Crippen LogP contribution >= 0.6 is 15.9 Å². The molecule has 0 radical (unpaired) electrons. The highest BCUT2D eigenvalue weighted by Gasteiger charge is 2.08. The van der Waals surface area contributed by atoms with Crippen molar-refractivity contribution in [2.75, 3.05) is 0 Å². The second kappa shape index (κ2) is 5.93. The summed E-state index contributed by atoms with van der Waals surface area (Å²) >= 11 is 3.31. The van der Waals surface area contributed by atoms with E-state index in [0.29, 0.717) is 5.75 Å². The minimum atomic E-state index is -0.572. The maximum absolute atomic E-state index is 13.6. The molecule has 0 aliphatic carbocycles. The highest BCUT2D eigenvalue weighted by atomic mass is 79.9. The Balaban J connectivity index is 2.08.